The van der Waals surface area contributed by atoms with Gasteiger partial charge in [0.25, 0.3) is 0 Å². The first-order valence-corrected chi connectivity index (χ1v) is 6.30. The Morgan fingerprint density at radius 3 is 2.59 bits per heavy atom. The fourth-order valence-corrected chi connectivity index (χ4v) is 3.14. The van der Waals surface area contributed by atoms with Crippen molar-refractivity contribution in [2.45, 2.75) is 39.2 Å². The molecule has 98 valence electrons. The van der Waals surface area contributed by atoms with Crippen LogP contribution in [0.25, 0.3) is 0 Å². The van der Waals surface area contributed by atoms with E-state index in [0.29, 0.717) is 5.92 Å². The zero-order chi connectivity index (χ0) is 12.7. The third-order valence-electron chi connectivity index (χ3n) is 3.55. The van der Waals surface area contributed by atoms with Gasteiger partial charge in [0.1, 0.15) is 5.60 Å². The second kappa shape index (κ2) is 4.16. The van der Waals surface area contributed by atoms with Crippen molar-refractivity contribution in [3.8, 4) is 0 Å². The number of amides is 1. The molecule has 0 radical (unpaired) electrons. The summed E-state index contributed by atoms with van der Waals surface area (Å²) in [5, 5.41) is 0. The molecule has 0 aromatic heterocycles. The highest BCUT2D eigenvalue weighted by atomic mass is 16.6. The summed E-state index contributed by atoms with van der Waals surface area (Å²) in [6, 6.07) is 0. The van der Waals surface area contributed by atoms with Gasteiger partial charge in [-0.05, 0) is 39.5 Å². The van der Waals surface area contributed by atoms with E-state index in [0.717, 1.165) is 19.7 Å². The minimum absolute atomic E-state index is 0.178. The normalized spacial score (nSPS) is 32.0. The number of piperidine rings is 2. The Morgan fingerprint density at radius 1 is 1.41 bits per heavy atom. The van der Waals surface area contributed by atoms with Gasteiger partial charge in [-0.3, -0.25) is 0 Å². The summed E-state index contributed by atoms with van der Waals surface area (Å²) in [6.07, 6.45) is 2.21. The monoisotopic (exact) mass is 241 g/mol. The summed E-state index contributed by atoms with van der Waals surface area (Å²) in [6.45, 7) is 8.09. The van der Waals surface area contributed by atoms with Gasteiger partial charge in [0, 0.05) is 25.6 Å². The van der Waals surface area contributed by atoms with Gasteiger partial charge in [-0.25, -0.2) is 4.79 Å². The SMILES string of the molecule is COCC12CC(CN(C(=O)OC(C)(C)C)C1)C2. The average Bonchev–Trinajstić information content (AvgIpc) is 2.14. The molecule has 1 saturated carbocycles. The molecule has 0 N–H and O–H groups in total. The number of rotatable bonds is 2. The molecular weight excluding hydrogens is 218 g/mol. The lowest BCUT2D eigenvalue weighted by Gasteiger charge is -2.55. The second-order valence-electron chi connectivity index (χ2n) is 6.57. The molecule has 4 heteroatoms. The van der Waals surface area contributed by atoms with Crippen molar-refractivity contribution in [3.63, 3.8) is 0 Å². The summed E-state index contributed by atoms with van der Waals surface area (Å²) in [7, 11) is 1.73. The van der Waals surface area contributed by atoms with Gasteiger partial charge in [0.2, 0.25) is 0 Å². The Labute approximate surface area is 103 Å². The van der Waals surface area contributed by atoms with Gasteiger partial charge < -0.3 is 14.4 Å². The maximum Gasteiger partial charge on any atom is 0.410 e. The number of hydrogen-bond donors (Lipinski definition) is 0. The maximum atomic E-state index is 12.0. The third-order valence-corrected chi connectivity index (χ3v) is 3.55. The van der Waals surface area contributed by atoms with Crippen LogP contribution in [0, 0.1) is 11.3 Å². The molecule has 2 heterocycles. The molecular formula is C13H23NO3. The highest BCUT2D eigenvalue weighted by Gasteiger charge is 2.51. The largest absolute Gasteiger partial charge is 0.444 e. The lowest BCUT2D eigenvalue weighted by molar-refractivity contribution is -0.1000. The lowest BCUT2D eigenvalue weighted by Crippen LogP contribution is -2.60. The molecule has 3 aliphatic rings. The van der Waals surface area contributed by atoms with Gasteiger partial charge in [0.15, 0.2) is 0 Å². The average molecular weight is 241 g/mol. The van der Waals surface area contributed by atoms with E-state index in [1.807, 2.05) is 25.7 Å². The quantitative estimate of drug-likeness (QED) is 0.744. The molecule has 2 bridgehead atoms. The second-order valence-corrected chi connectivity index (χ2v) is 6.57. The van der Waals surface area contributed by atoms with E-state index in [-0.39, 0.29) is 11.5 Å². The highest BCUT2D eigenvalue weighted by molar-refractivity contribution is 5.68. The predicted octanol–water partition coefficient (Wildman–Crippen LogP) is 2.28. The van der Waals surface area contributed by atoms with E-state index >= 15 is 0 Å². The fraction of sp³-hybridized carbons (Fsp3) is 0.923. The fourth-order valence-electron chi connectivity index (χ4n) is 3.14. The van der Waals surface area contributed by atoms with Crippen molar-refractivity contribution < 1.29 is 14.3 Å². The summed E-state index contributed by atoms with van der Waals surface area (Å²) < 4.78 is 10.7. The Bertz CT molecular complexity index is 297. The summed E-state index contributed by atoms with van der Waals surface area (Å²) >= 11 is 0. The van der Waals surface area contributed by atoms with Crippen molar-refractivity contribution in [3.05, 3.63) is 0 Å². The first-order valence-electron chi connectivity index (χ1n) is 6.30. The van der Waals surface area contributed by atoms with Crippen LogP contribution in [0.4, 0.5) is 4.79 Å². The van der Waals surface area contributed by atoms with Gasteiger partial charge in [0.05, 0.1) is 6.61 Å². The van der Waals surface area contributed by atoms with Crippen LogP contribution < -0.4 is 0 Å². The molecule has 1 aliphatic carbocycles. The van der Waals surface area contributed by atoms with Crippen LogP contribution in [0.1, 0.15) is 33.6 Å². The molecule has 3 rings (SSSR count). The van der Waals surface area contributed by atoms with Crippen molar-refractivity contribution in [1.82, 2.24) is 4.90 Å². The van der Waals surface area contributed by atoms with Gasteiger partial charge in [-0.1, -0.05) is 0 Å². The first-order chi connectivity index (χ1) is 7.84. The van der Waals surface area contributed by atoms with Crippen molar-refractivity contribution in [2.24, 2.45) is 11.3 Å². The smallest absolute Gasteiger partial charge is 0.410 e. The lowest BCUT2D eigenvalue weighted by atomic mass is 9.59. The van der Waals surface area contributed by atoms with Crippen LogP contribution in [-0.2, 0) is 9.47 Å². The molecule has 17 heavy (non-hydrogen) atoms. The number of fused-ring (bicyclic) bond motifs is 2. The first kappa shape index (κ1) is 12.7. The molecule has 0 aromatic rings. The van der Waals surface area contributed by atoms with Gasteiger partial charge in [-0.2, -0.15) is 0 Å². The van der Waals surface area contributed by atoms with Crippen molar-refractivity contribution >= 4 is 6.09 Å². The minimum Gasteiger partial charge on any atom is -0.444 e. The highest BCUT2D eigenvalue weighted by Crippen LogP contribution is 2.50. The summed E-state index contributed by atoms with van der Waals surface area (Å²) in [5.74, 6) is 0.645. The molecule has 1 amide bonds. The van der Waals surface area contributed by atoms with Crippen LogP contribution in [0.2, 0.25) is 0 Å². The van der Waals surface area contributed by atoms with Crippen LogP contribution >= 0.6 is 0 Å². The molecule has 0 spiro atoms. The van der Waals surface area contributed by atoms with Crippen molar-refractivity contribution in [2.75, 3.05) is 26.8 Å². The van der Waals surface area contributed by atoms with E-state index < -0.39 is 5.60 Å². The Morgan fingerprint density at radius 2 is 2.06 bits per heavy atom. The molecule has 0 aromatic carbocycles. The number of hydrogen-bond acceptors (Lipinski definition) is 3. The number of carbonyl (C=O) groups excluding carboxylic acids is 1. The number of nitrogens with zero attached hydrogens (tertiary/aromatic N) is 1. The molecule has 2 aliphatic heterocycles. The summed E-state index contributed by atoms with van der Waals surface area (Å²) in [5.41, 5.74) is -0.207. The Kier molecular flexibility index (Phi) is 3.10. The van der Waals surface area contributed by atoms with Crippen LogP contribution in [0.15, 0.2) is 0 Å². The number of carbonyl (C=O) groups is 1. The maximum absolute atomic E-state index is 12.0. The number of methoxy groups -OCH3 is 1. The number of ether oxygens (including phenoxy) is 2. The van der Waals surface area contributed by atoms with Crippen molar-refractivity contribution in [1.29, 1.82) is 0 Å². The zero-order valence-corrected chi connectivity index (χ0v) is 11.3. The van der Waals surface area contributed by atoms with E-state index in [1.54, 1.807) is 7.11 Å². The van der Waals surface area contributed by atoms with Crippen LogP contribution in [0.5, 0.6) is 0 Å². The minimum atomic E-state index is -0.410. The van der Waals surface area contributed by atoms with E-state index in [4.69, 9.17) is 9.47 Å². The van der Waals surface area contributed by atoms with E-state index in [9.17, 15) is 4.79 Å². The molecule has 4 nitrogen and oxygen atoms in total. The van der Waals surface area contributed by atoms with Gasteiger partial charge in [-0.15, -0.1) is 0 Å². The van der Waals surface area contributed by atoms with Crippen LogP contribution in [0.3, 0.4) is 0 Å². The van der Waals surface area contributed by atoms with Crippen LogP contribution in [-0.4, -0.2) is 43.4 Å². The van der Waals surface area contributed by atoms with Gasteiger partial charge >= 0.3 is 6.09 Å². The Hall–Kier alpha value is -0.770. The molecule has 3 fully saturated rings. The Balaban J connectivity index is 1.93. The molecule has 0 atom stereocenters. The molecule has 2 saturated heterocycles. The summed E-state index contributed by atoms with van der Waals surface area (Å²) in [4.78, 5) is 13.8. The van der Waals surface area contributed by atoms with E-state index in [2.05, 4.69) is 0 Å². The topological polar surface area (TPSA) is 38.8 Å². The predicted molar refractivity (Wildman–Crippen MR) is 64.8 cm³/mol. The third kappa shape index (κ3) is 2.73. The zero-order valence-electron chi connectivity index (χ0n) is 11.3. The standard InChI is InChI=1S/C13H23NO3/c1-12(2,3)17-11(15)14-7-10-5-13(6-10,8-14)9-16-4/h10H,5-9H2,1-4H3. The van der Waals surface area contributed by atoms with E-state index in [1.165, 1.54) is 12.8 Å². The molecule has 0 unspecified atom stereocenters.